The molecule has 0 saturated carbocycles. The number of para-hydroxylation sites is 2. The Bertz CT molecular complexity index is 1510. The molecule has 3 aromatic carbocycles. The molecule has 0 amide bonds. The number of carbonyl (C=O) groups excluding carboxylic acids is 1. The Morgan fingerprint density at radius 2 is 1.56 bits per heavy atom. The van der Waals surface area contributed by atoms with Crippen LogP contribution in [0.1, 0.15) is 15.2 Å². The second-order valence-electron chi connectivity index (χ2n) is 7.57. The fraction of sp³-hybridized carbons (Fsp3) is 0.115. The van der Waals surface area contributed by atoms with Crippen LogP contribution in [0.3, 0.4) is 0 Å². The molecule has 0 radical (unpaired) electrons. The van der Waals surface area contributed by atoms with Gasteiger partial charge in [0.15, 0.2) is 0 Å². The summed E-state index contributed by atoms with van der Waals surface area (Å²) in [6.45, 7) is 0. The highest BCUT2D eigenvalue weighted by Gasteiger charge is 2.32. The topological polar surface area (TPSA) is 117 Å². The smallest absolute Gasteiger partial charge is 0.211 e. The predicted molar refractivity (Wildman–Crippen MR) is 140 cm³/mol. The average molecular weight is 525 g/mol. The highest BCUT2D eigenvalue weighted by atomic mass is 32.2. The van der Waals surface area contributed by atoms with E-state index in [9.17, 15) is 13.2 Å². The maximum atomic E-state index is 13.8. The van der Waals surface area contributed by atoms with Crippen molar-refractivity contribution in [2.24, 2.45) is 0 Å². The molecule has 0 saturated heterocycles. The largest absolute Gasteiger partial charge is 0.497 e. The Kier molecular flexibility index (Phi) is 7.18. The zero-order valence-electron chi connectivity index (χ0n) is 19.8. The number of hydrogen-bond acceptors (Lipinski definition) is 9. The van der Waals surface area contributed by atoms with Gasteiger partial charge in [0, 0.05) is 5.56 Å². The predicted octanol–water partition coefficient (Wildman–Crippen LogP) is 5.16. The van der Waals surface area contributed by atoms with Crippen LogP contribution in [0.5, 0.6) is 17.2 Å². The normalized spacial score (nSPS) is 11.1. The minimum atomic E-state index is -4.12. The number of anilines is 3. The van der Waals surface area contributed by atoms with Gasteiger partial charge in [0.2, 0.25) is 15.6 Å². The van der Waals surface area contributed by atoms with Gasteiger partial charge in [-0.3, -0.25) is 4.79 Å². The number of benzene rings is 3. The van der Waals surface area contributed by atoms with Crippen LogP contribution in [-0.4, -0.2) is 35.5 Å². The number of nitrogen functional groups attached to an aromatic ring is 1. The Morgan fingerprint density at radius 3 is 2.22 bits per heavy atom. The number of nitrogens with one attached hydrogen (secondary N) is 1. The molecule has 186 valence electrons. The lowest BCUT2D eigenvalue weighted by molar-refractivity contribution is 0.104. The van der Waals surface area contributed by atoms with Crippen LogP contribution in [0.2, 0.25) is 0 Å². The molecule has 0 aliphatic rings. The molecular weight excluding hydrogens is 500 g/mol. The summed E-state index contributed by atoms with van der Waals surface area (Å²) in [5, 5.41) is 3.31. The molecule has 0 fully saturated rings. The van der Waals surface area contributed by atoms with E-state index in [1.165, 1.54) is 33.5 Å². The number of sulfone groups is 1. The van der Waals surface area contributed by atoms with E-state index < -0.39 is 15.6 Å². The Balaban J connectivity index is 1.89. The zero-order valence-corrected chi connectivity index (χ0v) is 21.4. The molecule has 0 aliphatic carbocycles. The van der Waals surface area contributed by atoms with E-state index in [-0.39, 0.29) is 25.4 Å². The van der Waals surface area contributed by atoms with Crippen LogP contribution in [-0.2, 0) is 9.84 Å². The second kappa shape index (κ2) is 10.3. The number of ether oxygens (including phenoxy) is 3. The van der Waals surface area contributed by atoms with E-state index in [0.717, 1.165) is 11.3 Å². The van der Waals surface area contributed by atoms with Gasteiger partial charge >= 0.3 is 0 Å². The third-order valence-corrected chi connectivity index (χ3v) is 8.53. The van der Waals surface area contributed by atoms with E-state index in [0.29, 0.717) is 28.5 Å². The van der Waals surface area contributed by atoms with Gasteiger partial charge < -0.3 is 25.3 Å². The number of thiophene rings is 1. The molecule has 10 heteroatoms. The summed E-state index contributed by atoms with van der Waals surface area (Å²) in [5.41, 5.74) is 7.10. The first-order valence-corrected chi connectivity index (χ1v) is 13.0. The highest BCUT2D eigenvalue weighted by molar-refractivity contribution is 7.92. The van der Waals surface area contributed by atoms with Crippen LogP contribution in [0.4, 0.5) is 16.4 Å². The van der Waals surface area contributed by atoms with Gasteiger partial charge in [-0.05, 0) is 48.5 Å². The Labute approximate surface area is 213 Å². The van der Waals surface area contributed by atoms with Crippen LogP contribution >= 0.6 is 11.3 Å². The monoisotopic (exact) mass is 524 g/mol. The van der Waals surface area contributed by atoms with Crippen molar-refractivity contribution in [1.29, 1.82) is 0 Å². The number of methoxy groups -OCH3 is 3. The van der Waals surface area contributed by atoms with Gasteiger partial charge in [-0.1, -0.05) is 24.3 Å². The molecule has 0 spiro atoms. The number of carbonyl (C=O) groups is 1. The van der Waals surface area contributed by atoms with Gasteiger partial charge in [-0.25, -0.2) is 8.42 Å². The summed E-state index contributed by atoms with van der Waals surface area (Å²) in [7, 11) is 0.377. The molecule has 0 atom stereocenters. The standard InChI is InChI=1S/C26H24N2O6S2/c1-32-17-11-13-19(14-12-17)36(30,31)25-22(27)24(23(29)16-7-6-8-18(15-16)33-2)35-26(25)28-20-9-4-5-10-21(20)34-3/h4-15,28H,27H2,1-3H3. The van der Waals surface area contributed by atoms with Crippen molar-refractivity contribution in [3.05, 3.63) is 83.2 Å². The molecule has 4 rings (SSSR count). The molecule has 3 N–H and O–H groups in total. The van der Waals surface area contributed by atoms with E-state index in [4.69, 9.17) is 19.9 Å². The highest BCUT2D eigenvalue weighted by Crippen LogP contribution is 2.45. The van der Waals surface area contributed by atoms with E-state index in [2.05, 4.69) is 5.32 Å². The SMILES string of the molecule is COc1ccc(S(=O)(=O)c2c(Nc3ccccc3OC)sc(C(=O)c3cccc(OC)c3)c2N)cc1. The van der Waals surface area contributed by atoms with Crippen LogP contribution in [0.25, 0.3) is 0 Å². The van der Waals surface area contributed by atoms with Gasteiger partial charge in [0.05, 0.1) is 37.6 Å². The van der Waals surface area contributed by atoms with Crippen molar-refractivity contribution in [2.75, 3.05) is 32.4 Å². The lowest BCUT2D eigenvalue weighted by Gasteiger charge is -2.12. The van der Waals surface area contributed by atoms with Gasteiger partial charge in [0.1, 0.15) is 32.0 Å². The lowest BCUT2D eigenvalue weighted by atomic mass is 10.1. The average Bonchev–Trinajstić information content (AvgIpc) is 3.24. The summed E-state index contributed by atoms with van der Waals surface area (Å²) in [5.74, 6) is 1.08. The zero-order chi connectivity index (χ0) is 25.9. The molecular formula is C26H24N2O6S2. The maximum Gasteiger partial charge on any atom is 0.211 e. The van der Waals surface area contributed by atoms with Gasteiger partial charge in [0.25, 0.3) is 0 Å². The fourth-order valence-electron chi connectivity index (χ4n) is 3.58. The summed E-state index contributed by atoms with van der Waals surface area (Å²) in [4.78, 5) is 13.3. The number of hydrogen-bond donors (Lipinski definition) is 2. The number of rotatable bonds is 9. The lowest BCUT2D eigenvalue weighted by Crippen LogP contribution is -2.08. The van der Waals surface area contributed by atoms with Crippen molar-refractivity contribution in [3.8, 4) is 17.2 Å². The first kappa shape index (κ1) is 25.1. The molecule has 36 heavy (non-hydrogen) atoms. The van der Waals surface area contributed by atoms with Crippen LogP contribution in [0.15, 0.2) is 82.6 Å². The summed E-state index contributed by atoms with van der Waals surface area (Å²) < 4.78 is 43.3. The maximum absolute atomic E-state index is 13.8. The number of ketones is 1. The van der Waals surface area contributed by atoms with Crippen molar-refractivity contribution in [3.63, 3.8) is 0 Å². The molecule has 1 heterocycles. The second-order valence-corrected chi connectivity index (χ2v) is 10.5. The van der Waals surface area contributed by atoms with Crippen LogP contribution < -0.4 is 25.3 Å². The Hall–Kier alpha value is -4.02. The minimum absolute atomic E-state index is 0.0104. The Morgan fingerprint density at radius 1 is 0.861 bits per heavy atom. The van der Waals surface area contributed by atoms with Gasteiger partial charge in [-0.15, -0.1) is 11.3 Å². The molecule has 0 bridgehead atoms. The fourth-order valence-corrected chi connectivity index (χ4v) is 6.51. The third kappa shape index (κ3) is 4.73. The number of nitrogens with two attached hydrogens (primary N) is 1. The first-order chi connectivity index (χ1) is 17.3. The summed E-state index contributed by atoms with van der Waals surface area (Å²) in [6, 6.07) is 19.6. The molecule has 4 aromatic rings. The van der Waals surface area contributed by atoms with E-state index in [1.807, 2.05) is 0 Å². The van der Waals surface area contributed by atoms with Crippen LogP contribution in [0, 0.1) is 0 Å². The van der Waals surface area contributed by atoms with Gasteiger partial charge in [-0.2, -0.15) is 0 Å². The third-order valence-electron chi connectivity index (χ3n) is 5.43. The van der Waals surface area contributed by atoms with Crippen molar-refractivity contribution >= 4 is 43.3 Å². The summed E-state index contributed by atoms with van der Waals surface area (Å²) >= 11 is 0.960. The van der Waals surface area contributed by atoms with Crippen molar-refractivity contribution in [1.82, 2.24) is 0 Å². The molecule has 0 aliphatic heterocycles. The van der Waals surface area contributed by atoms with E-state index >= 15 is 0 Å². The molecule has 8 nitrogen and oxygen atoms in total. The minimum Gasteiger partial charge on any atom is -0.497 e. The summed E-state index contributed by atoms with van der Waals surface area (Å²) in [6.07, 6.45) is 0. The first-order valence-electron chi connectivity index (χ1n) is 10.7. The molecule has 1 aromatic heterocycles. The quantitative estimate of drug-likeness (QED) is 0.288. The van der Waals surface area contributed by atoms with E-state index in [1.54, 1.807) is 60.7 Å². The molecule has 0 unspecified atom stereocenters. The van der Waals surface area contributed by atoms with Crippen molar-refractivity contribution < 1.29 is 27.4 Å². The van der Waals surface area contributed by atoms with Crippen molar-refractivity contribution in [2.45, 2.75) is 9.79 Å².